The lowest BCUT2D eigenvalue weighted by Crippen LogP contribution is -1.77. The normalized spacial score (nSPS) is 7.40. The van der Waals surface area contributed by atoms with Gasteiger partial charge in [0.25, 0.3) is 0 Å². The second-order valence-corrected chi connectivity index (χ2v) is 1.40. The topological polar surface area (TPSA) is 30.0 Å². The molecule has 0 aliphatic rings. The summed E-state index contributed by atoms with van der Waals surface area (Å²) in [5, 5.41) is 0. The van der Waals surface area contributed by atoms with Gasteiger partial charge in [0.1, 0.15) is 0 Å². The highest BCUT2D eigenvalue weighted by atomic mass is 16.1. The van der Waals surface area contributed by atoms with E-state index in [1.807, 2.05) is 13.8 Å². The Labute approximate surface area is 60.9 Å². The van der Waals surface area contributed by atoms with Crippen LogP contribution < -0.4 is 0 Å². The highest BCUT2D eigenvalue weighted by Crippen LogP contribution is 1.87. The summed E-state index contributed by atoms with van der Waals surface area (Å²) in [5.41, 5.74) is 0.618. The molecule has 0 amide bonds. The van der Waals surface area contributed by atoms with Crippen LogP contribution in [0, 0.1) is 0 Å². The Hall–Kier alpha value is -1.18. The molecule has 0 fully saturated rings. The summed E-state index contributed by atoms with van der Waals surface area (Å²) in [6.45, 7) is 4.00. The predicted octanol–water partition coefficient (Wildman–Crippen LogP) is 1.92. The third-order valence-corrected chi connectivity index (χ3v) is 0.820. The predicted molar refractivity (Wildman–Crippen MR) is 41.0 cm³/mol. The first kappa shape index (κ1) is 8.82. The van der Waals surface area contributed by atoms with Crippen molar-refractivity contribution in [2.24, 2.45) is 0 Å². The van der Waals surface area contributed by atoms with Crippen LogP contribution in [0.4, 0.5) is 0 Å². The van der Waals surface area contributed by atoms with Gasteiger partial charge in [-0.05, 0) is 12.1 Å². The Morgan fingerprint density at radius 2 is 2.20 bits per heavy atom. The molecule has 0 saturated heterocycles. The number of nitrogens with zero attached hydrogens (tertiary/aromatic N) is 1. The number of rotatable bonds is 1. The van der Waals surface area contributed by atoms with Crippen molar-refractivity contribution in [3.8, 4) is 0 Å². The van der Waals surface area contributed by atoms with E-state index < -0.39 is 0 Å². The third kappa shape index (κ3) is 2.97. The fraction of sp³-hybridized carbons (Fsp3) is 0.250. The number of aldehydes is 1. The van der Waals surface area contributed by atoms with Crippen LogP contribution in [0.3, 0.4) is 0 Å². The molecule has 2 heteroatoms. The summed E-state index contributed by atoms with van der Waals surface area (Å²) in [6.07, 6.45) is 3.92. The summed E-state index contributed by atoms with van der Waals surface area (Å²) in [6, 6.07) is 3.43. The molecule has 0 aromatic carbocycles. The monoisotopic (exact) mass is 137 g/mol. The van der Waals surface area contributed by atoms with Gasteiger partial charge in [-0.3, -0.25) is 9.78 Å². The molecule has 1 aromatic rings. The average molecular weight is 137 g/mol. The van der Waals surface area contributed by atoms with E-state index in [9.17, 15) is 4.79 Å². The molecule has 0 saturated carbocycles. The summed E-state index contributed by atoms with van der Waals surface area (Å²) in [7, 11) is 0. The van der Waals surface area contributed by atoms with E-state index in [1.165, 1.54) is 6.20 Å². The molecule has 10 heavy (non-hydrogen) atoms. The summed E-state index contributed by atoms with van der Waals surface area (Å²) in [4.78, 5) is 13.7. The average Bonchev–Trinajstić information content (AvgIpc) is 2.10. The van der Waals surface area contributed by atoms with E-state index in [0.717, 1.165) is 6.29 Å². The van der Waals surface area contributed by atoms with Crippen molar-refractivity contribution in [2.75, 3.05) is 0 Å². The Kier molecular flexibility index (Phi) is 5.25. The van der Waals surface area contributed by atoms with Crippen molar-refractivity contribution in [2.45, 2.75) is 13.8 Å². The van der Waals surface area contributed by atoms with Crippen LogP contribution >= 0.6 is 0 Å². The van der Waals surface area contributed by atoms with Gasteiger partial charge in [0.15, 0.2) is 6.29 Å². The van der Waals surface area contributed by atoms with Gasteiger partial charge in [0.05, 0.1) is 0 Å². The van der Waals surface area contributed by atoms with Crippen LogP contribution in [0.15, 0.2) is 24.5 Å². The minimum Gasteiger partial charge on any atom is -0.298 e. The van der Waals surface area contributed by atoms with Gasteiger partial charge in [-0.15, -0.1) is 0 Å². The van der Waals surface area contributed by atoms with Crippen molar-refractivity contribution in [3.05, 3.63) is 30.1 Å². The zero-order valence-electron chi connectivity index (χ0n) is 6.24. The fourth-order valence-electron chi connectivity index (χ4n) is 0.446. The maximum absolute atomic E-state index is 9.97. The van der Waals surface area contributed by atoms with Crippen molar-refractivity contribution >= 4 is 6.29 Å². The molecule has 0 N–H and O–H groups in total. The molecule has 0 bridgehead atoms. The number of hydrogen-bond acceptors (Lipinski definition) is 2. The molecule has 0 spiro atoms. The first-order valence-corrected chi connectivity index (χ1v) is 3.28. The molecule has 54 valence electrons. The van der Waals surface area contributed by atoms with Crippen LogP contribution in [0.1, 0.15) is 24.2 Å². The van der Waals surface area contributed by atoms with Crippen LogP contribution in [0.25, 0.3) is 0 Å². The lowest BCUT2D eigenvalue weighted by Gasteiger charge is -1.81. The molecule has 0 aliphatic carbocycles. The van der Waals surface area contributed by atoms with Gasteiger partial charge >= 0.3 is 0 Å². The Balaban J connectivity index is 0.000000371. The molecule has 0 radical (unpaired) electrons. The molecular formula is C8H11NO. The van der Waals surface area contributed by atoms with Gasteiger partial charge in [-0.1, -0.05) is 13.8 Å². The maximum Gasteiger partial charge on any atom is 0.151 e. The number of pyridine rings is 1. The van der Waals surface area contributed by atoms with E-state index in [2.05, 4.69) is 4.98 Å². The summed E-state index contributed by atoms with van der Waals surface area (Å²) < 4.78 is 0. The van der Waals surface area contributed by atoms with Gasteiger partial charge < -0.3 is 0 Å². The van der Waals surface area contributed by atoms with E-state index in [-0.39, 0.29) is 0 Å². The summed E-state index contributed by atoms with van der Waals surface area (Å²) >= 11 is 0. The zero-order valence-corrected chi connectivity index (χ0v) is 6.24. The maximum atomic E-state index is 9.97. The highest BCUT2D eigenvalue weighted by Gasteiger charge is 1.81. The van der Waals surface area contributed by atoms with E-state index >= 15 is 0 Å². The Morgan fingerprint density at radius 3 is 2.50 bits per heavy atom. The van der Waals surface area contributed by atoms with E-state index in [0.29, 0.717) is 5.56 Å². The largest absolute Gasteiger partial charge is 0.298 e. The smallest absolute Gasteiger partial charge is 0.151 e. The summed E-state index contributed by atoms with van der Waals surface area (Å²) in [5.74, 6) is 0. The van der Waals surface area contributed by atoms with Crippen molar-refractivity contribution in [1.29, 1.82) is 0 Å². The van der Waals surface area contributed by atoms with Crippen LogP contribution in [-0.2, 0) is 0 Å². The standard InChI is InChI=1S/C6H5NO.C2H6/c8-5-6-2-1-3-7-4-6;1-2/h1-5H;1-2H3. The van der Waals surface area contributed by atoms with Gasteiger partial charge in [-0.2, -0.15) is 0 Å². The quantitative estimate of drug-likeness (QED) is 0.553. The molecule has 0 atom stereocenters. The zero-order chi connectivity index (χ0) is 7.82. The molecular weight excluding hydrogens is 126 g/mol. The minimum absolute atomic E-state index is 0.618. The lowest BCUT2D eigenvalue weighted by molar-refractivity contribution is 0.112. The number of carbonyl (C=O) groups excluding carboxylic acids is 1. The number of hydrogen-bond donors (Lipinski definition) is 0. The first-order chi connectivity index (χ1) is 4.93. The molecule has 0 aliphatic heterocycles. The van der Waals surface area contributed by atoms with Crippen molar-refractivity contribution < 1.29 is 4.79 Å². The third-order valence-electron chi connectivity index (χ3n) is 0.820. The van der Waals surface area contributed by atoms with E-state index in [4.69, 9.17) is 0 Å². The van der Waals surface area contributed by atoms with E-state index in [1.54, 1.807) is 18.3 Å². The molecule has 1 aromatic heterocycles. The molecule has 2 nitrogen and oxygen atoms in total. The number of aromatic nitrogens is 1. The van der Waals surface area contributed by atoms with Crippen molar-refractivity contribution in [3.63, 3.8) is 0 Å². The first-order valence-electron chi connectivity index (χ1n) is 3.28. The van der Waals surface area contributed by atoms with Gasteiger partial charge in [0, 0.05) is 18.0 Å². The van der Waals surface area contributed by atoms with Crippen molar-refractivity contribution in [1.82, 2.24) is 4.98 Å². The minimum atomic E-state index is 0.618. The van der Waals surface area contributed by atoms with Gasteiger partial charge in [-0.25, -0.2) is 0 Å². The fourth-order valence-corrected chi connectivity index (χ4v) is 0.446. The lowest BCUT2D eigenvalue weighted by atomic mass is 10.3. The molecule has 1 rings (SSSR count). The van der Waals surface area contributed by atoms with Crippen LogP contribution in [0.5, 0.6) is 0 Å². The Morgan fingerprint density at radius 1 is 1.50 bits per heavy atom. The molecule has 1 heterocycles. The second-order valence-electron chi connectivity index (χ2n) is 1.40. The van der Waals surface area contributed by atoms with Crippen LogP contribution in [0.2, 0.25) is 0 Å². The number of carbonyl (C=O) groups is 1. The second kappa shape index (κ2) is 5.95. The SMILES string of the molecule is CC.O=Cc1cccnc1. The molecule has 0 unspecified atom stereocenters. The van der Waals surface area contributed by atoms with Gasteiger partial charge in [0.2, 0.25) is 0 Å². The Bertz CT molecular complexity index is 172. The highest BCUT2D eigenvalue weighted by molar-refractivity contribution is 5.73. The van der Waals surface area contributed by atoms with Crippen LogP contribution in [-0.4, -0.2) is 11.3 Å².